The summed E-state index contributed by atoms with van der Waals surface area (Å²) >= 11 is 0. The van der Waals surface area contributed by atoms with Crippen LogP contribution in [0.25, 0.3) is 0 Å². The van der Waals surface area contributed by atoms with Crippen molar-refractivity contribution >= 4 is 5.69 Å². The van der Waals surface area contributed by atoms with E-state index in [1.165, 1.54) is 6.92 Å². The summed E-state index contributed by atoms with van der Waals surface area (Å²) in [6.07, 6.45) is -4.80. The Balaban J connectivity index is 3.50. The van der Waals surface area contributed by atoms with Crippen LogP contribution in [0.4, 0.5) is 40.8 Å². The maximum atomic E-state index is 14.4. The molecule has 0 saturated heterocycles. The fraction of sp³-hybridized carbons (Fsp3) is 0.625. The quantitative estimate of drug-likeness (QED) is 0.415. The molecule has 9 heteroatoms. The zero-order valence-electron chi connectivity index (χ0n) is 14.0. The minimum Gasteiger partial charge on any atom is -0.369 e. The molecule has 144 valence electrons. The van der Waals surface area contributed by atoms with E-state index in [1.807, 2.05) is 6.92 Å². The summed E-state index contributed by atoms with van der Waals surface area (Å²) in [5.74, 6) is -12.5. The van der Waals surface area contributed by atoms with Gasteiger partial charge < -0.3 is 4.90 Å². The van der Waals surface area contributed by atoms with Crippen molar-refractivity contribution in [3.8, 4) is 0 Å². The van der Waals surface area contributed by atoms with Gasteiger partial charge in [0.2, 0.25) is 0 Å². The first kappa shape index (κ1) is 21.5. The van der Waals surface area contributed by atoms with Crippen LogP contribution in [-0.4, -0.2) is 19.3 Å². The average Bonchev–Trinajstić information content (AvgIpc) is 2.48. The van der Waals surface area contributed by atoms with Crippen LogP contribution in [0.3, 0.4) is 0 Å². The topological polar surface area (TPSA) is 3.24 Å². The highest BCUT2D eigenvalue weighted by Crippen LogP contribution is 2.47. The molecular formula is C16H19F8N. The summed E-state index contributed by atoms with van der Waals surface area (Å²) in [4.78, 5) is 1.12. The van der Waals surface area contributed by atoms with E-state index >= 15 is 0 Å². The number of hydrogen-bond donors (Lipinski definition) is 0. The van der Waals surface area contributed by atoms with E-state index < -0.39 is 40.8 Å². The minimum absolute atomic E-state index is 0.0209. The van der Waals surface area contributed by atoms with Gasteiger partial charge in [0.1, 0.15) is 5.56 Å². The highest BCUT2D eigenvalue weighted by molar-refractivity contribution is 5.52. The van der Waals surface area contributed by atoms with Crippen LogP contribution in [0.5, 0.6) is 0 Å². The first-order valence-electron chi connectivity index (χ1n) is 7.75. The molecule has 1 unspecified atom stereocenters. The van der Waals surface area contributed by atoms with Crippen molar-refractivity contribution in [2.45, 2.75) is 45.7 Å². The number of anilines is 1. The second kappa shape index (κ2) is 7.78. The lowest BCUT2D eigenvalue weighted by Crippen LogP contribution is -2.37. The van der Waals surface area contributed by atoms with Gasteiger partial charge in [0.05, 0.1) is 5.69 Å². The maximum Gasteiger partial charge on any atom is 0.458 e. The molecule has 1 atom stereocenters. The van der Waals surface area contributed by atoms with Crippen molar-refractivity contribution in [1.82, 2.24) is 0 Å². The van der Waals surface area contributed by atoms with Gasteiger partial charge in [-0.3, -0.25) is 0 Å². The minimum atomic E-state index is -6.26. The van der Waals surface area contributed by atoms with Crippen LogP contribution in [0.2, 0.25) is 0 Å². The third kappa shape index (κ3) is 4.36. The molecule has 1 nitrogen and oxygen atoms in total. The molecule has 0 radical (unpaired) electrons. The number of halogens is 8. The van der Waals surface area contributed by atoms with Gasteiger partial charge in [-0.1, -0.05) is 20.3 Å². The molecule has 1 aromatic rings. The highest BCUT2D eigenvalue weighted by atomic mass is 19.4. The molecule has 0 saturated carbocycles. The SMILES string of the molecule is CCCC(C)CN(CC)c1cc(F)c(F)c(C(F)(F)C(F)(F)F)c1F. The molecule has 0 aliphatic rings. The molecule has 1 aromatic carbocycles. The van der Waals surface area contributed by atoms with Crippen LogP contribution in [0.15, 0.2) is 6.07 Å². The predicted molar refractivity (Wildman–Crippen MR) is 78.2 cm³/mol. The highest BCUT2D eigenvalue weighted by Gasteiger charge is 2.62. The average molecular weight is 377 g/mol. The Bertz CT molecular complexity index is 597. The number of alkyl halides is 5. The number of nitrogens with zero attached hydrogens (tertiary/aromatic N) is 1. The largest absolute Gasteiger partial charge is 0.458 e. The molecule has 0 aromatic heterocycles. The van der Waals surface area contributed by atoms with E-state index in [0.717, 1.165) is 11.3 Å². The first-order valence-corrected chi connectivity index (χ1v) is 7.75. The predicted octanol–water partition coefficient (Wildman–Crippen LogP) is 6.02. The summed E-state index contributed by atoms with van der Waals surface area (Å²) in [5, 5.41) is 0. The Hall–Kier alpha value is -1.54. The van der Waals surface area contributed by atoms with Crippen LogP contribution in [-0.2, 0) is 5.92 Å². The molecule has 1 rings (SSSR count). The van der Waals surface area contributed by atoms with Gasteiger partial charge in [0.25, 0.3) is 0 Å². The van der Waals surface area contributed by atoms with E-state index in [0.29, 0.717) is 12.5 Å². The molecular weight excluding hydrogens is 358 g/mol. The van der Waals surface area contributed by atoms with Gasteiger partial charge in [-0.2, -0.15) is 22.0 Å². The molecule has 0 spiro atoms. The summed E-state index contributed by atoms with van der Waals surface area (Å²) in [6.45, 7) is 5.28. The Morgan fingerprint density at radius 3 is 2.00 bits per heavy atom. The summed E-state index contributed by atoms with van der Waals surface area (Å²) in [5.41, 5.74) is -3.43. The van der Waals surface area contributed by atoms with Crippen LogP contribution in [0, 0.1) is 23.4 Å². The lowest BCUT2D eigenvalue weighted by molar-refractivity contribution is -0.291. The van der Waals surface area contributed by atoms with Crippen LogP contribution < -0.4 is 4.90 Å². The van der Waals surface area contributed by atoms with Crippen molar-refractivity contribution in [2.24, 2.45) is 5.92 Å². The standard InChI is InChI=1S/C16H19F8N/c1-4-6-9(3)8-25(5-2)11-7-10(17)13(18)12(14(11)19)15(20,21)16(22,23)24/h7,9H,4-6,8H2,1-3H3. The number of hydrogen-bond acceptors (Lipinski definition) is 1. The van der Waals surface area contributed by atoms with E-state index in [2.05, 4.69) is 0 Å². The Kier molecular flexibility index (Phi) is 6.69. The van der Waals surface area contributed by atoms with Crippen LogP contribution >= 0.6 is 0 Å². The van der Waals surface area contributed by atoms with Crippen molar-refractivity contribution in [3.63, 3.8) is 0 Å². The van der Waals surface area contributed by atoms with Gasteiger partial charge >= 0.3 is 12.1 Å². The zero-order valence-corrected chi connectivity index (χ0v) is 14.0. The molecule has 0 aliphatic carbocycles. The molecule has 0 N–H and O–H groups in total. The molecule has 25 heavy (non-hydrogen) atoms. The third-order valence-corrected chi connectivity index (χ3v) is 3.84. The van der Waals surface area contributed by atoms with Crippen molar-refractivity contribution < 1.29 is 35.1 Å². The molecule has 0 bridgehead atoms. The number of rotatable bonds is 7. The second-order valence-electron chi connectivity index (χ2n) is 5.89. The van der Waals surface area contributed by atoms with Crippen molar-refractivity contribution in [1.29, 1.82) is 0 Å². The van der Waals surface area contributed by atoms with Gasteiger partial charge in [-0.15, -0.1) is 0 Å². The van der Waals surface area contributed by atoms with E-state index in [-0.39, 0.29) is 19.0 Å². The summed E-state index contributed by atoms with van der Waals surface area (Å²) < 4.78 is 106. The smallest absolute Gasteiger partial charge is 0.369 e. The Labute approximate surface area is 140 Å². The first-order chi connectivity index (χ1) is 11.4. The van der Waals surface area contributed by atoms with E-state index in [1.54, 1.807) is 6.92 Å². The Morgan fingerprint density at radius 2 is 1.56 bits per heavy atom. The fourth-order valence-electron chi connectivity index (χ4n) is 2.60. The van der Waals surface area contributed by atoms with Gasteiger partial charge in [-0.05, 0) is 19.3 Å². The second-order valence-corrected chi connectivity index (χ2v) is 5.89. The fourth-order valence-corrected chi connectivity index (χ4v) is 2.60. The van der Waals surface area contributed by atoms with Gasteiger partial charge in [0.15, 0.2) is 17.5 Å². The zero-order chi connectivity index (χ0) is 19.6. The van der Waals surface area contributed by atoms with Crippen molar-refractivity contribution in [2.75, 3.05) is 18.0 Å². The summed E-state index contributed by atoms with van der Waals surface area (Å²) in [6, 6.07) is 0.308. The maximum absolute atomic E-state index is 14.4. The third-order valence-electron chi connectivity index (χ3n) is 3.84. The lowest BCUT2D eigenvalue weighted by Gasteiger charge is -2.29. The molecule has 0 amide bonds. The molecule has 0 heterocycles. The van der Waals surface area contributed by atoms with Gasteiger partial charge in [-0.25, -0.2) is 13.2 Å². The molecule has 0 fully saturated rings. The van der Waals surface area contributed by atoms with Gasteiger partial charge in [0, 0.05) is 19.2 Å². The van der Waals surface area contributed by atoms with E-state index in [4.69, 9.17) is 0 Å². The Morgan fingerprint density at radius 1 is 1.00 bits per heavy atom. The molecule has 0 aliphatic heterocycles. The van der Waals surface area contributed by atoms with Crippen LogP contribution in [0.1, 0.15) is 39.2 Å². The number of benzene rings is 1. The normalized spacial score (nSPS) is 13.9. The van der Waals surface area contributed by atoms with E-state index in [9.17, 15) is 35.1 Å². The van der Waals surface area contributed by atoms with Crippen molar-refractivity contribution in [3.05, 3.63) is 29.1 Å². The summed E-state index contributed by atoms with van der Waals surface area (Å²) in [7, 11) is 0. The monoisotopic (exact) mass is 377 g/mol. The lowest BCUT2D eigenvalue weighted by atomic mass is 10.0.